The lowest BCUT2D eigenvalue weighted by Gasteiger charge is -2.22. The van der Waals surface area contributed by atoms with Crippen molar-refractivity contribution in [2.24, 2.45) is 5.92 Å². The van der Waals surface area contributed by atoms with Gasteiger partial charge in [-0.2, -0.15) is 5.26 Å². The first kappa shape index (κ1) is 11.9. The van der Waals surface area contributed by atoms with E-state index >= 15 is 0 Å². The van der Waals surface area contributed by atoms with Crippen LogP contribution in [0.4, 0.5) is 10.1 Å². The van der Waals surface area contributed by atoms with Gasteiger partial charge in [0.15, 0.2) is 0 Å². The summed E-state index contributed by atoms with van der Waals surface area (Å²) < 4.78 is 13.4. The molecular formula is C14H17FN2. The molecule has 0 saturated heterocycles. The van der Waals surface area contributed by atoms with Crippen LogP contribution < -0.4 is 5.32 Å². The molecule has 1 aliphatic rings. The van der Waals surface area contributed by atoms with Crippen molar-refractivity contribution in [2.45, 2.75) is 32.1 Å². The second-order valence-corrected chi connectivity index (χ2v) is 4.66. The number of hydrogen-bond acceptors (Lipinski definition) is 2. The van der Waals surface area contributed by atoms with E-state index in [-0.39, 0.29) is 5.56 Å². The van der Waals surface area contributed by atoms with Crippen molar-refractivity contribution < 1.29 is 4.39 Å². The number of anilines is 1. The Morgan fingerprint density at radius 1 is 1.29 bits per heavy atom. The summed E-state index contributed by atoms with van der Waals surface area (Å²) in [6, 6.07) is 6.64. The number of nitriles is 1. The third-order valence-corrected chi connectivity index (χ3v) is 3.43. The number of rotatable bonds is 3. The molecule has 0 bridgehead atoms. The molecule has 1 aromatic carbocycles. The number of hydrogen-bond donors (Lipinski definition) is 1. The molecule has 1 aliphatic carbocycles. The zero-order valence-corrected chi connectivity index (χ0v) is 9.88. The molecule has 1 saturated carbocycles. The van der Waals surface area contributed by atoms with Gasteiger partial charge in [-0.25, -0.2) is 4.39 Å². The summed E-state index contributed by atoms with van der Waals surface area (Å²) in [6.45, 7) is 0.845. The highest BCUT2D eigenvalue weighted by atomic mass is 19.1. The molecule has 1 N–H and O–H groups in total. The molecule has 0 aliphatic heterocycles. The minimum atomic E-state index is -0.443. The molecule has 0 unspecified atom stereocenters. The Bertz CT molecular complexity index is 417. The highest BCUT2D eigenvalue weighted by molar-refractivity contribution is 5.57. The maximum Gasteiger partial charge on any atom is 0.143 e. The topological polar surface area (TPSA) is 35.8 Å². The van der Waals surface area contributed by atoms with Gasteiger partial charge in [0, 0.05) is 6.54 Å². The van der Waals surface area contributed by atoms with Gasteiger partial charge in [0.1, 0.15) is 17.4 Å². The number of benzene rings is 1. The molecule has 2 rings (SSSR count). The average molecular weight is 232 g/mol. The van der Waals surface area contributed by atoms with E-state index in [1.165, 1.54) is 38.2 Å². The molecular weight excluding hydrogens is 215 g/mol. The Hall–Kier alpha value is -1.56. The highest BCUT2D eigenvalue weighted by Crippen LogP contribution is 2.25. The zero-order chi connectivity index (χ0) is 12.1. The molecule has 0 atom stereocenters. The van der Waals surface area contributed by atoms with Gasteiger partial charge in [-0.3, -0.25) is 0 Å². The molecule has 17 heavy (non-hydrogen) atoms. The van der Waals surface area contributed by atoms with Gasteiger partial charge in [-0.1, -0.05) is 25.3 Å². The fourth-order valence-corrected chi connectivity index (χ4v) is 2.43. The van der Waals surface area contributed by atoms with E-state index in [4.69, 9.17) is 5.26 Å². The second-order valence-electron chi connectivity index (χ2n) is 4.66. The van der Waals surface area contributed by atoms with Gasteiger partial charge in [0.2, 0.25) is 0 Å². The van der Waals surface area contributed by atoms with E-state index in [9.17, 15) is 4.39 Å². The summed E-state index contributed by atoms with van der Waals surface area (Å²) >= 11 is 0. The van der Waals surface area contributed by atoms with Crippen LogP contribution in [0.2, 0.25) is 0 Å². The summed E-state index contributed by atoms with van der Waals surface area (Å²) in [4.78, 5) is 0. The van der Waals surface area contributed by atoms with Crippen LogP contribution in [-0.2, 0) is 0 Å². The summed E-state index contributed by atoms with van der Waals surface area (Å²) in [6.07, 6.45) is 6.40. The minimum Gasteiger partial charge on any atom is -0.384 e. The van der Waals surface area contributed by atoms with Gasteiger partial charge in [0.25, 0.3) is 0 Å². The Morgan fingerprint density at radius 2 is 2.06 bits per heavy atom. The predicted octanol–water partition coefficient (Wildman–Crippen LogP) is 3.69. The Morgan fingerprint density at radius 3 is 2.76 bits per heavy atom. The lowest BCUT2D eigenvalue weighted by Crippen LogP contribution is -2.17. The first-order valence-corrected chi connectivity index (χ1v) is 6.23. The average Bonchev–Trinajstić information content (AvgIpc) is 2.37. The predicted molar refractivity (Wildman–Crippen MR) is 66.2 cm³/mol. The van der Waals surface area contributed by atoms with Crippen LogP contribution in [0.1, 0.15) is 37.7 Å². The van der Waals surface area contributed by atoms with Crippen LogP contribution in [0.3, 0.4) is 0 Å². The van der Waals surface area contributed by atoms with E-state index < -0.39 is 5.82 Å². The van der Waals surface area contributed by atoms with Crippen LogP contribution in [0.15, 0.2) is 18.2 Å². The van der Waals surface area contributed by atoms with E-state index in [2.05, 4.69) is 5.32 Å². The van der Waals surface area contributed by atoms with Crippen LogP contribution in [0, 0.1) is 23.1 Å². The van der Waals surface area contributed by atoms with Crippen molar-refractivity contribution >= 4 is 5.69 Å². The van der Waals surface area contributed by atoms with Gasteiger partial charge >= 0.3 is 0 Å². The standard InChI is InChI=1S/C14H17FN2/c15-13-7-4-8-14(12(13)9-16)17-10-11-5-2-1-3-6-11/h4,7-8,11,17H,1-3,5-6,10H2. The SMILES string of the molecule is N#Cc1c(F)cccc1NCC1CCCCC1. The summed E-state index contributed by atoms with van der Waals surface area (Å²) in [5, 5.41) is 12.1. The van der Waals surface area contributed by atoms with Crippen LogP contribution in [-0.4, -0.2) is 6.54 Å². The smallest absolute Gasteiger partial charge is 0.143 e. The molecule has 0 aromatic heterocycles. The van der Waals surface area contributed by atoms with Crippen molar-refractivity contribution in [1.82, 2.24) is 0 Å². The van der Waals surface area contributed by atoms with Crippen LogP contribution in [0.25, 0.3) is 0 Å². The first-order valence-electron chi connectivity index (χ1n) is 6.23. The summed E-state index contributed by atoms with van der Waals surface area (Å²) in [5.41, 5.74) is 0.751. The Labute approximate surface area is 101 Å². The molecule has 0 spiro atoms. The van der Waals surface area contributed by atoms with Crippen LogP contribution in [0.5, 0.6) is 0 Å². The van der Waals surface area contributed by atoms with Crippen molar-refractivity contribution in [1.29, 1.82) is 5.26 Å². The molecule has 90 valence electrons. The molecule has 0 heterocycles. The quantitative estimate of drug-likeness (QED) is 0.862. The van der Waals surface area contributed by atoms with Crippen molar-refractivity contribution in [3.05, 3.63) is 29.6 Å². The molecule has 3 heteroatoms. The highest BCUT2D eigenvalue weighted by Gasteiger charge is 2.14. The fourth-order valence-electron chi connectivity index (χ4n) is 2.43. The van der Waals surface area contributed by atoms with E-state index in [0.29, 0.717) is 11.6 Å². The zero-order valence-electron chi connectivity index (χ0n) is 9.88. The summed E-state index contributed by atoms with van der Waals surface area (Å²) in [5.74, 6) is 0.222. The molecule has 0 amide bonds. The number of nitrogens with zero attached hydrogens (tertiary/aromatic N) is 1. The normalized spacial score (nSPS) is 16.5. The monoisotopic (exact) mass is 232 g/mol. The second kappa shape index (κ2) is 5.67. The molecule has 2 nitrogen and oxygen atoms in total. The molecule has 0 radical (unpaired) electrons. The largest absolute Gasteiger partial charge is 0.384 e. The lowest BCUT2D eigenvalue weighted by atomic mass is 9.89. The third kappa shape index (κ3) is 2.97. The minimum absolute atomic E-state index is 0.128. The van der Waals surface area contributed by atoms with Gasteiger partial charge in [0.05, 0.1) is 5.69 Å². The van der Waals surface area contributed by atoms with Crippen LogP contribution >= 0.6 is 0 Å². The Balaban J connectivity index is 1.99. The maximum atomic E-state index is 13.4. The number of nitrogens with one attached hydrogen (secondary N) is 1. The van der Waals surface area contributed by atoms with Crippen molar-refractivity contribution in [3.63, 3.8) is 0 Å². The van der Waals surface area contributed by atoms with E-state index in [1.54, 1.807) is 12.1 Å². The first-order chi connectivity index (χ1) is 8.31. The van der Waals surface area contributed by atoms with E-state index in [1.807, 2.05) is 6.07 Å². The Kier molecular flexibility index (Phi) is 3.98. The van der Waals surface area contributed by atoms with Gasteiger partial charge in [-0.05, 0) is 30.9 Å². The van der Waals surface area contributed by atoms with Crippen molar-refractivity contribution in [2.75, 3.05) is 11.9 Å². The molecule has 1 aromatic rings. The van der Waals surface area contributed by atoms with Crippen molar-refractivity contribution in [3.8, 4) is 6.07 Å². The fraction of sp³-hybridized carbons (Fsp3) is 0.500. The van der Waals surface area contributed by atoms with Gasteiger partial charge in [-0.15, -0.1) is 0 Å². The van der Waals surface area contributed by atoms with E-state index in [0.717, 1.165) is 6.54 Å². The number of halogens is 1. The third-order valence-electron chi connectivity index (χ3n) is 3.43. The van der Waals surface area contributed by atoms with Gasteiger partial charge < -0.3 is 5.32 Å². The molecule has 1 fully saturated rings. The maximum absolute atomic E-state index is 13.4. The summed E-state index contributed by atoms with van der Waals surface area (Å²) in [7, 11) is 0. The lowest BCUT2D eigenvalue weighted by molar-refractivity contribution is 0.373.